The van der Waals surface area contributed by atoms with E-state index >= 15 is 0 Å². The number of hydrogen-bond acceptors (Lipinski definition) is 2. The molecule has 0 radical (unpaired) electrons. The van der Waals surface area contributed by atoms with Crippen molar-refractivity contribution in [1.29, 1.82) is 0 Å². The average Bonchev–Trinajstić information content (AvgIpc) is 2.86. The van der Waals surface area contributed by atoms with E-state index in [0.717, 1.165) is 18.1 Å². The lowest BCUT2D eigenvalue weighted by molar-refractivity contribution is -0.203. The molecule has 0 saturated carbocycles. The van der Waals surface area contributed by atoms with Gasteiger partial charge in [0, 0.05) is 23.3 Å². The predicted octanol–water partition coefficient (Wildman–Crippen LogP) is 7.30. The second-order valence-electron chi connectivity index (χ2n) is 8.98. The molecule has 0 amide bonds. The zero-order valence-electron chi connectivity index (χ0n) is 19.7. The Bertz CT molecular complexity index is 1240. The van der Waals surface area contributed by atoms with Crippen molar-refractivity contribution >= 4 is 10.8 Å². The number of benzene rings is 3. The van der Waals surface area contributed by atoms with Crippen molar-refractivity contribution in [2.24, 2.45) is 5.92 Å². The summed E-state index contributed by atoms with van der Waals surface area (Å²) in [5.74, 6) is 1.55. The Morgan fingerprint density at radius 2 is 1.63 bits per heavy atom. The number of aryl methyl sites for hydroxylation is 1. The summed E-state index contributed by atoms with van der Waals surface area (Å²) in [5, 5.41) is 0.145. The van der Waals surface area contributed by atoms with Crippen LogP contribution in [0.5, 0.6) is 0 Å². The summed E-state index contributed by atoms with van der Waals surface area (Å²) in [4.78, 5) is 0. The molecule has 1 heterocycles. The standard InChI is InChI=1S/C29H28F4O2/c1-2-3-4-5-21-17-34-27(35-18-21)13-9-20-7-11-22(25(30)15-20)10-6-19-8-12-24-23(14-19)16-26(31)29(33)28(24)32/h7-8,11-12,14-16,21,27H,2-5,9,13,17-18H2,1H3. The van der Waals surface area contributed by atoms with Gasteiger partial charge in [0.05, 0.1) is 18.8 Å². The Morgan fingerprint density at radius 3 is 2.37 bits per heavy atom. The normalized spacial score (nSPS) is 17.9. The van der Waals surface area contributed by atoms with E-state index in [4.69, 9.17) is 9.47 Å². The molecule has 4 rings (SSSR count). The first-order chi connectivity index (χ1) is 16.9. The van der Waals surface area contributed by atoms with Crippen molar-refractivity contribution in [2.45, 2.75) is 51.7 Å². The Balaban J connectivity index is 1.34. The predicted molar refractivity (Wildman–Crippen MR) is 128 cm³/mol. The first-order valence-electron chi connectivity index (χ1n) is 12.1. The minimum atomic E-state index is -1.51. The number of ether oxygens (including phenoxy) is 2. The second-order valence-corrected chi connectivity index (χ2v) is 8.98. The van der Waals surface area contributed by atoms with Crippen molar-refractivity contribution in [2.75, 3.05) is 13.2 Å². The minimum Gasteiger partial charge on any atom is -0.352 e. The largest absolute Gasteiger partial charge is 0.352 e. The maximum Gasteiger partial charge on any atom is 0.195 e. The fourth-order valence-corrected chi connectivity index (χ4v) is 4.22. The van der Waals surface area contributed by atoms with E-state index in [9.17, 15) is 17.6 Å². The Labute approximate surface area is 203 Å². The maximum atomic E-state index is 14.6. The van der Waals surface area contributed by atoms with E-state index in [1.165, 1.54) is 43.5 Å². The van der Waals surface area contributed by atoms with Crippen LogP contribution in [0.1, 0.15) is 55.7 Å². The van der Waals surface area contributed by atoms with Crippen LogP contribution < -0.4 is 0 Å². The van der Waals surface area contributed by atoms with Gasteiger partial charge in [-0.2, -0.15) is 0 Å². The topological polar surface area (TPSA) is 18.5 Å². The molecule has 1 saturated heterocycles. The monoisotopic (exact) mass is 484 g/mol. The van der Waals surface area contributed by atoms with Crippen molar-refractivity contribution in [3.8, 4) is 11.8 Å². The highest BCUT2D eigenvalue weighted by Crippen LogP contribution is 2.24. The van der Waals surface area contributed by atoms with E-state index in [2.05, 4.69) is 18.8 Å². The zero-order valence-corrected chi connectivity index (χ0v) is 19.7. The Hall–Kier alpha value is -2.88. The lowest BCUT2D eigenvalue weighted by Gasteiger charge is -2.29. The molecular weight excluding hydrogens is 456 g/mol. The van der Waals surface area contributed by atoms with Gasteiger partial charge in [0.25, 0.3) is 0 Å². The Kier molecular flexibility index (Phi) is 8.43. The third-order valence-electron chi connectivity index (χ3n) is 6.27. The van der Waals surface area contributed by atoms with E-state index in [1.54, 1.807) is 6.07 Å². The lowest BCUT2D eigenvalue weighted by Crippen LogP contribution is -2.32. The summed E-state index contributed by atoms with van der Waals surface area (Å²) in [6, 6.07) is 10.1. The van der Waals surface area contributed by atoms with Crippen LogP contribution in [0.4, 0.5) is 17.6 Å². The first kappa shape index (κ1) is 25.2. The summed E-state index contributed by atoms with van der Waals surface area (Å²) >= 11 is 0. The maximum absolute atomic E-state index is 14.6. The molecule has 0 N–H and O–H groups in total. The quantitative estimate of drug-likeness (QED) is 0.152. The molecule has 2 nitrogen and oxygen atoms in total. The zero-order chi connectivity index (χ0) is 24.8. The minimum absolute atomic E-state index is 0.0390. The highest BCUT2D eigenvalue weighted by atomic mass is 19.2. The molecule has 0 aromatic heterocycles. The van der Waals surface area contributed by atoms with Crippen LogP contribution in [0.2, 0.25) is 0 Å². The summed E-state index contributed by atoms with van der Waals surface area (Å²) in [5.41, 5.74) is 1.47. The number of hydrogen-bond donors (Lipinski definition) is 0. The number of rotatable bonds is 7. The van der Waals surface area contributed by atoms with Gasteiger partial charge in [0.1, 0.15) is 5.82 Å². The van der Waals surface area contributed by atoms with Crippen molar-refractivity contribution in [1.82, 2.24) is 0 Å². The van der Waals surface area contributed by atoms with Crippen LogP contribution >= 0.6 is 0 Å². The molecule has 1 aliphatic heterocycles. The van der Waals surface area contributed by atoms with E-state index < -0.39 is 23.3 Å². The molecular formula is C29H28F4O2. The average molecular weight is 485 g/mol. The van der Waals surface area contributed by atoms with E-state index in [1.807, 2.05) is 6.07 Å². The number of halogens is 4. The third kappa shape index (κ3) is 6.42. The molecule has 35 heavy (non-hydrogen) atoms. The fourth-order valence-electron chi connectivity index (χ4n) is 4.22. The molecule has 0 atom stereocenters. The fraction of sp³-hybridized carbons (Fsp3) is 0.379. The van der Waals surface area contributed by atoms with Gasteiger partial charge in [0.15, 0.2) is 23.7 Å². The van der Waals surface area contributed by atoms with Crippen LogP contribution in [0.15, 0.2) is 42.5 Å². The van der Waals surface area contributed by atoms with Gasteiger partial charge in [-0.1, -0.05) is 50.2 Å². The molecule has 0 bridgehead atoms. The van der Waals surface area contributed by atoms with Crippen molar-refractivity contribution in [3.63, 3.8) is 0 Å². The summed E-state index contributed by atoms with van der Waals surface area (Å²) in [6.07, 6.45) is 5.76. The summed E-state index contributed by atoms with van der Waals surface area (Å²) in [7, 11) is 0. The van der Waals surface area contributed by atoms with Gasteiger partial charge < -0.3 is 9.47 Å². The molecule has 6 heteroatoms. The molecule has 184 valence electrons. The van der Waals surface area contributed by atoms with Crippen LogP contribution in [0.25, 0.3) is 10.8 Å². The van der Waals surface area contributed by atoms with E-state index in [-0.39, 0.29) is 22.6 Å². The Morgan fingerprint density at radius 1 is 0.829 bits per heavy atom. The molecule has 1 fully saturated rings. The van der Waals surface area contributed by atoms with Gasteiger partial charge in [0.2, 0.25) is 0 Å². The molecule has 3 aromatic rings. The van der Waals surface area contributed by atoms with Gasteiger partial charge in [-0.15, -0.1) is 0 Å². The van der Waals surface area contributed by atoms with E-state index in [0.29, 0.717) is 37.5 Å². The van der Waals surface area contributed by atoms with Crippen LogP contribution in [0, 0.1) is 41.0 Å². The van der Waals surface area contributed by atoms with Gasteiger partial charge >= 0.3 is 0 Å². The third-order valence-corrected chi connectivity index (χ3v) is 6.27. The van der Waals surface area contributed by atoms with Gasteiger partial charge in [-0.3, -0.25) is 0 Å². The first-order valence-corrected chi connectivity index (χ1v) is 12.1. The SMILES string of the molecule is CCCCCC1COC(CCc2ccc(C#Cc3ccc4c(F)c(F)c(F)cc4c3)c(F)c2)OC1. The van der Waals surface area contributed by atoms with Gasteiger partial charge in [-0.25, -0.2) is 17.6 Å². The van der Waals surface area contributed by atoms with Crippen molar-refractivity contribution in [3.05, 3.63) is 82.4 Å². The number of unbranched alkanes of at least 4 members (excludes halogenated alkanes) is 2. The molecule has 0 unspecified atom stereocenters. The molecule has 3 aromatic carbocycles. The van der Waals surface area contributed by atoms with Crippen LogP contribution in [-0.2, 0) is 15.9 Å². The highest BCUT2D eigenvalue weighted by Gasteiger charge is 2.21. The van der Waals surface area contributed by atoms with Gasteiger partial charge in [-0.05, 0) is 54.1 Å². The summed E-state index contributed by atoms with van der Waals surface area (Å²) in [6.45, 7) is 3.61. The smallest absolute Gasteiger partial charge is 0.195 e. The molecule has 0 aliphatic carbocycles. The number of fused-ring (bicyclic) bond motifs is 1. The molecule has 1 aliphatic rings. The summed E-state index contributed by atoms with van der Waals surface area (Å²) < 4.78 is 67.1. The second kappa shape index (κ2) is 11.7. The molecule has 0 spiro atoms. The highest BCUT2D eigenvalue weighted by molar-refractivity contribution is 5.84. The lowest BCUT2D eigenvalue weighted by atomic mass is 10.0. The van der Waals surface area contributed by atoms with Crippen molar-refractivity contribution < 1.29 is 27.0 Å². The van der Waals surface area contributed by atoms with Crippen LogP contribution in [-0.4, -0.2) is 19.5 Å². The van der Waals surface area contributed by atoms with Crippen LogP contribution in [0.3, 0.4) is 0 Å².